The summed E-state index contributed by atoms with van der Waals surface area (Å²) in [6.45, 7) is 0.825. The number of pyridine rings is 1. The van der Waals surface area contributed by atoms with Gasteiger partial charge in [-0.25, -0.2) is 4.52 Å². The van der Waals surface area contributed by atoms with Gasteiger partial charge >= 0.3 is 0 Å². The van der Waals surface area contributed by atoms with Crippen molar-refractivity contribution in [2.45, 2.75) is 31.8 Å². The molecule has 1 fully saturated rings. The Bertz CT molecular complexity index is 571. The van der Waals surface area contributed by atoms with E-state index < -0.39 is 0 Å². The second-order valence-electron chi connectivity index (χ2n) is 5.13. The number of anilines is 1. The molecular formula is C13H17BrN4O. The fourth-order valence-corrected chi connectivity index (χ4v) is 3.06. The van der Waals surface area contributed by atoms with Gasteiger partial charge in [0.25, 0.3) is 0 Å². The molecule has 19 heavy (non-hydrogen) atoms. The van der Waals surface area contributed by atoms with Gasteiger partial charge in [-0.05, 0) is 53.2 Å². The van der Waals surface area contributed by atoms with E-state index in [1.54, 1.807) is 4.52 Å². The Kier molecular flexibility index (Phi) is 3.70. The van der Waals surface area contributed by atoms with E-state index in [0.29, 0.717) is 11.9 Å². The van der Waals surface area contributed by atoms with E-state index in [2.05, 4.69) is 31.3 Å². The Hall–Kier alpha value is -1.14. The highest BCUT2D eigenvalue weighted by molar-refractivity contribution is 9.10. The molecule has 0 spiro atoms. The first-order valence-corrected chi connectivity index (χ1v) is 7.44. The van der Waals surface area contributed by atoms with Crippen LogP contribution in [-0.2, 0) is 0 Å². The molecule has 0 aliphatic heterocycles. The molecule has 2 N–H and O–H groups in total. The van der Waals surface area contributed by atoms with Crippen LogP contribution in [-0.4, -0.2) is 32.4 Å². The lowest BCUT2D eigenvalue weighted by Gasteiger charge is -2.25. The van der Waals surface area contributed by atoms with Crippen LogP contribution in [0.5, 0.6) is 0 Å². The lowest BCUT2D eigenvalue weighted by molar-refractivity contribution is 0.104. The van der Waals surface area contributed by atoms with Crippen LogP contribution < -0.4 is 5.32 Å². The topological polar surface area (TPSA) is 62.5 Å². The second kappa shape index (κ2) is 5.46. The number of nitrogens with one attached hydrogen (secondary N) is 1. The largest absolute Gasteiger partial charge is 0.393 e. The van der Waals surface area contributed by atoms with E-state index in [0.717, 1.165) is 35.9 Å². The zero-order valence-corrected chi connectivity index (χ0v) is 12.2. The quantitative estimate of drug-likeness (QED) is 0.910. The average Bonchev–Trinajstić information content (AvgIpc) is 2.81. The highest BCUT2D eigenvalue weighted by Gasteiger charge is 2.20. The van der Waals surface area contributed by atoms with Crippen molar-refractivity contribution in [1.82, 2.24) is 14.6 Å². The summed E-state index contributed by atoms with van der Waals surface area (Å²) in [5, 5.41) is 17.3. The summed E-state index contributed by atoms with van der Waals surface area (Å²) in [5.41, 5.74) is 0.814. The van der Waals surface area contributed by atoms with Crippen LogP contribution in [0, 0.1) is 5.92 Å². The van der Waals surface area contributed by atoms with Gasteiger partial charge in [0, 0.05) is 12.7 Å². The highest BCUT2D eigenvalue weighted by atomic mass is 79.9. The number of nitrogens with zero attached hydrogens (tertiary/aromatic N) is 3. The first-order chi connectivity index (χ1) is 9.22. The maximum atomic E-state index is 9.66. The van der Waals surface area contributed by atoms with Crippen LogP contribution in [0.2, 0.25) is 0 Å². The molecule has 3 rings (SSSR count). The Labute approximate surface area is 120 Å². The van der Waals surface area contributed by atoms with Crippen LogP contribution in [0.25, 0.3) is 5.65 Å². The van der Waals surface area contributed by atoms with Crippen molar-refractivity contribution in [2.75, 3.05) is 11.9 Å². The molecule has 0 bridgehead atoms. The van der Waals surface area contributed by atoms with Crippen LogP contribution in [0.15, 0.2) is 22.8 Å². The van der Waals surface area contributed by atoms with E-state index in [9.17, 15) is 5.11 Å². The molecule has 0 saturated heterocycles. The summed E-state index contributed by atoms with van der Waals surface area (Å²) in [7, 11) is 0. The molecule has 102 valence electrons. The minimum atomic E-state index is -0.135. The summed E-state index contributed by atoms with van der Waals surface area (Å²) >= 11 is 3.46. The zero-order valence-electron chi connectivity index (χ0n) is 10.6. The third-order valence-electron chi connectivity index (χ3n) is 3.62. The minimum Gasteiger partial charge on any atom is -0.393 e. The second-order valence-corrected chi connectivity index (χ2v) is 5.98. The SMILES string of the molecule is OC1CCCC(CNc2nc3c(Br)cccn3n2)C1. The van der Waals surface area contributed by atoms with E-state index in [1.165, 1.54) is 6.42 Å². The van der Waals surface area contributed by atoms with E-state index >= 15 is 0 Å². The molecular weight excluding hydrogens is 308 g/mol. The van der Waals surface area contributed by atoms with Gasteiger partial charge in [0.2, 0.25) is 5.95 Å². The predicted molar refractivity (Wildman–Crippen MR) is 77.1 cm³/mol. The first-order valence-electron chi connectivity index (χ1n) is 6.65. The summed E-state index contributed by atoms with van der Waals surface area (Å²) in [6.07, 6.45) is 5.84. The summed E-state index contributed by atoms with van der Waals surface area (Å²) in [5.74, 6) is 1.16. The van der Waals surface area contributed by atoms with Crippen molar-refractivity contribution in [3.63, 3.8) is 0 Å². The number of fused-ring (bicyclic) bond motifs is 1. The third kappa shape index (κ3) is 2.90. The summed E-state index contributed by atoms with van der Waals surface area (Å²) in [4.78, 5) is 4.45. The number of halogens is 1. The van der Waals surface area contributed by atoms with Crippen LogP contribution in [0.4, 0.5) is 5.95 Å². The molecule has 2 unspecified atom stereocenters. The maximum absolute atomic E-state index is 9.66. The average molecular weight is 325 g/mol. The molecule has 1 saturated carbocycles. The molecule has 2 heterocycles. The van der Waals surface area contributed by atoms with E-state index in [-0.39, 0.29) is 6.10 Å². The van der Waals surface area contributed by atoms with Crippen LogP contribution in [0.1, 0.15) is 25.7 Å². The molecule has 2 atom stereocenters. The van der Waals surface area contributed by atoms with Gasteiger partial charge in [-0.15, -0.1) is 5.10 Å². The smallest absolute Gasteiger partial charge is 0.243 e. The Balaban J connectivity index is 1.66. The third-order valence-corrected chi connectivity index (χ3v) is 4.24. The number of aromatic nitrogens is 3. The van der Waals surface area contributed by atoms with Gasteiger partial charge in [0.1, 0.15) is 0 Å². The van der Waals surface area contributed by atoms with Gasteiger partial charge in [0.05, 0.1) is 10.6 Å². The van der Waals surface area contributed by atoms with E-state index in [1.807, 2.05) is 18.3 Å². The minimum absolute atomic E-state index is 0.135. The maximum Gasteiger partial charge on any atom is 0.243 e. The standard InChI is InChI=1S/C13H17BrN4O/c14-11-5-2-6-18-12(11)16-13(17-18)15-8-9-3-1-4-10(19)7-9/h2,5-6,9-10,19H,1,3-4,7-8H2,(H,15,17). The normalized spacial score (nSPS) is 23.7. The molecule has 6 heteroatoms. The Morgan fingerprint density at radius 3 is 3.16 bits per heavy atom. The number of hydrogen-bond donors (Lipinski definition) is 2. The first kappa shape index (κ1) is 12.9. The Morgan fingerprint density at radius 2 is 2.37 bits per heavy atom. The summed E-state index contributed by atoms with van der Waals surface area (Å²) < 4.78 is 2.69. The monoisotopic (exact) mass is 324 g/mol. The molecule has 5 nitrogen and oxygen atoms in total. The van der Waals surface area contributed by atoms with Crippen molar-refractivity contribution >= 4 is 27.5 Å². The lowest BCUT2D eigenvalue weighted by atomic mass is 9.87. The molecule has 1 aliphatic carbocycles. The molecule has 0 aromatic carbocycles. The van der Waals surface area contributed by atoms with Crippen LogP contribution in [0.3, 0.4) is 0 Å². The van der Waals surface area contributed by atoms with Crippen molar-refractivity contribution in [2.24, 2.45) is 5.92 Å². The van der Waals surface area contributed by atoms with Crippen LogP contribution >= 0.6 is 15.9 Å². The van der Waals surface area contributed by atoms with Gasteiger partial charge < -0.3 is 10.4 Å². The van der Waals surface area contributed by atoms with Crippen molar-refractivity contribution in [3.05, 3.63) is 22.8 Å². The molecule has 2 aromatic rings. The zero-order chi connectivity index (χ0) is 13.2. The van der Waals surface area contributed by atoms with Gasteiger partial charge in [-0.2, -0.15) is 4.98 Å². The van der Waals surface area contributed by atoms with Crippen molar-refractivity contribution in [1.29, 1.82) is 0 Å². The molecule has 2 aromatic heterocycles. The fraction of sp³-hybridized carbons (Fsp3) is 0.538. The van der Waals surface area contributed by atoms with Gasteiger partial charge in [0.15, 0.2) is 5.65 Å². The molecule has 1 aliphatic rings. The van der Waals surface area contributed by atoms with Gasteiger partial charge in [-0.1, -0.05) is 6.42 Å². The fourth-order valence-electron chi connectivity index (χ4n) is 2.63. The number of aliphatic hydroxyl groups is 1. The number of rotatable bonds is 3. The van der Waals surface area contributed by atoms with E-state index in [4.69, 9.17) is 0 Å². The van der Waals surface area contributed by atoms with Gasteiger partial charge in [-0.3, -0.25) is 0 Å². The number of aliphatic hydroxyl groups excluding tert-OH is 1. The van der Waals surface area contributed by atoms with Crippen molar-refractivity contribution < 1.29 is 5.11 Å². The van der Waals surface area contributed by atoms with Crippen molar-refractivity contribution in [3.8, 4) is 0 Å². The predicted octanol–water partition coefficient (Wildman–Crippen LogP) is 2.45. The highest BCUT2D eigenvalue weighted by Crippen LogP contribution is 2.24. The lowest BCUT2D eigenvalue weighted by Crippen LogP contribution is -2.25. The molecule has 0 amide bonds. The summed E-state index contributed by atoms with van der Waals surface area (Å²) in [6, 6.07) is 3.87. The Morgan fingerprint density at radius 1 is 1.47 bits per heavy atom. The molecule has 0 radical (unpaired) electrons. The number of hydrogen-bond acceptors (Lipinski definition) is 4.